The van der Waals surface area contributed by atoms with Crippen LogP contribution in [0.4, 0.5) is 0 Å². The minimum absolute atomic E-state index is 0.238. The van der Waals surface area contributed by atoms with Crippen molar-refractivity contribution in [2.45, 2.75) is 19.3 Å². The number of hydrogen-bond donors (Lipinski definition) is 0. The molecule has 1 saturated heterocycles. The molecule has 1 fully saturated rings. The van der Waals surface area contributed by atoms with Crippen molar-refractivity contribution in [1.82, 2.24) is 4.90 Å². The molecule has 1 aliphatic rings. The van der Waals surface area contributed by atoms with E-state index in [2.05, 4.69) is 29.2 Å². The maximum absolute atomic E-state index is 11.3. The van der Waals surface area contributed by atoms with Crippen LogP contribution in [0.25, 0.3) is 0 Å². The lowest BCUT2D eigenvalue weighted by atomic mass is 9.80. The van der Waals surface area contributed by atoms with E-state index in [4.69, 9.17) is 4.74 Å². The lowest BCUT2D eigenvalue weighted by molar-refractivity contribution is -0.122. The molecule has 3 heteroatoms. The second-order valence-corrected chi connectivity index (χ2v) is 5.49. The Morgan fingerprint density at radius 1 is 1.26 bits per heavy atom. The summed E-state index contributed by atoms with van der Waals surface area (Å²) in [5.74, 6) is 0. The molecule has 1 aliphatic heterocycles. The van der Waals surface area contributed by atoms with E-state index in [1.165, 1.54) is 5.56 Å². The summed E-state index contributed by atoms with van der Waals surface area (Å²) in [4.78, 5) is 13.7. The SMILES string of the molecule is COCC1(C=O)CCN(CCc2ccccc2)CC1. The Labute approximate surface area is 115 Å². The molecule has 0 radical (unpaired) electrons. The topological polar surface area (TPSA) is 29.5 Å². The van der Waals surface area contributed by atoms with Gasteiger partial charge in [-0.2, -0.15) is 0 Å². The highest BCUT2D eigenvalue weighted by Gasteiger charge is 2.34. The van der Waals surface area contributed by atoms with Gasteiger partial charge in [-0.25, -0.2) is 0 Å². The predicted octanol–water partition coefficient (Wildman–Crippen LogP) is 2.16. The monoisotopic (exact) mass is 261 g/mol. The van der Waals surface area contributed by atoms with Gasteiger partial charge in [-0.1, -0.05) is 30.3 Å². The summed E-state index contributed by atoms with van der Waals surface area (Å²) in [6, 6.07) is 10.6. The van der Waals surface area contributed by atoms with Gasteiger partial charge in [0, 0.05) is 13.7 Å². The van der Waals surface area contributed by atoms with Crippen LogP contribution in [-0.2, 0) is 16.0 Å². The summed E-state index contributed by atoms with van der Waals surface area (Å²) >= 11 is 0. The van der Waals surface area contributed by atoms with Gasteiger partial charge in [0.15, 0.2) is 0 Å². The Bertz CT molecular complexity index is 383. The van der Waals surface area contributed by atoms with E-state index in [1.807, 2.05) is 6.07 Å². The van der Waals surface area contributed by atoms with E-state index in [1.54, 1.807) is 7.11 Å². The average molecular weight is 261 g/mol. The Hall–Kier alpha value is -1.19. The number of rotatable bonds is 6. The molecule has 0 aromatic heterocycles. The Kier molecular flexibility index (Phi) is 5.11. The van der Waals surface area contributed by atoms with Crippen molar-refractivity contribution >= 4 is 6.29 Å². The van der Waals surface area contributed by atoms with Crippen molar-refractivity contribution in [2.75, 3.05) is 33.4 Å². The maximum atomic E-state index is 11.3. The molecule has 0 amide bonds. The van der Waals surface area contributed by atoms with Gasteiger partial charge in [0.25, 0.3) is 0 Å². The molecule has 0 N–H and O–H groups in total. The lowest BCUT2D eigenvalue weighted by Crippen LogP contribution is -2.43. The number of methoxy groups -OCH3 is 1. The average Bonchev–Trinajstić information content (AvgIpc) is 2.48. The Morgan fingerprint density at radius 3 is 2.53 bits per heavy atom. The maximum Gasteiger partial charge on any atom is 0.128 e. The summed E-state index contributed by atoms with van der Waals surface area (Å²) in [6.45, 7) is 3.62. The van der Waals surface area contributed by atoms with Crippen LogP contribution in [0.15, 0.2) is 30.3 Å². The lowest BCUT2D eigenvalue weighted by Gasteiger charge is -2.37. The Morgan fingerprint density at radius 2 is 1.95 bits per heavy atom. The smallest absolute Gasteiger partial charge is 0.128 e. The third-order valence-electron chi connectivity index (χ3n) is 4.09. The van der Waals surface area contributed by atoms with Crippen LogP contribution in [0.2, 0.25) is 0 Å². The minimum atomic E-state index is -0.238. The zero-order valence-electron chi connectivity index (χ0n) is 11.7. The minimum Gasteiger partial charge on any atom is -0.384 e. The van der Waals surface area contributed by atoms with Gasteiger partial charge in [0.1, 0.15) is 6.29 Å². The van der Waals surface area contributed by atoms with Gasteiger partial charge >= 0.3 is 0 Å². The van der Waals surface area contributed by atoms with E-state index >= 15 is 0 Å². The van der Waals surface area contributed by atoms with Gasteiger partial charge in [0.2, 0.25) is 0 Å². The zero-order valence-corrected chi connectivity index (χ0v) is 11.7. The fraction of sp³-hybridized carbons (Fsp3) is 0.562. The fourth-order valence-corrected chi connectivity index (χ4v) is 2.74. The third kappa shape index (κ3) is 3.88. The summed E-state index contributed by atoms with van der Waals surface area (Å²) < 4.78 is 5.19. The first-order chi connectivity index (χ1) is 9.28. The van der Waals surface area contributed by atoms with Crippen LogP contribution in [-0.4, -0.2) is 44.5 Å². The van der Waals surface area contributed by atoms with E-state index in [9.17, 15) is 4.79 Å². The number of carbonyl (C=O) groups is 1. The molecule has 0 aliphatic carbocycles. The highest BCUT2D eigenvalue weighted by molar-refractivity contribution is 5.59. The first-order valence-electron chi connectivity index (χ1n) is 6.99. The van der Waals surface area contributed by atoms with Gasteiger partial charge in [0.05, 0.1) is 12.0 Å². The summed E-state index contributed by atoms with van der Waals surface area (Å²) in [5.41, 5.74) is 1.14. The molecule has 0 unspecified atom stereocenters. The second-order valence-electron chi connectivity index (χ2n) is 5.49. The number of carbonyl (C=O) groups excluding carboxylic acids is 1. The van der Waals surface area contributed by atoms with E-state index in [0.717, 1.165) is 45.2 Å². The number of hydrogen-bond acceptors (Lipinski definition) is 3. The predicted molar refractivity (Wildman–Crippen MR) is 76.2 cm³/mol. The van der Waals surface area contributed by atoms with Crippen LogP contribution in [0.1, 0.15) is 18.4 Å². The van der Waals surface area contributed by atoms with Crippen molar-refractivity contribution < 1.29 is 9.53 Å². The van der Waals surface area contributed by atoms with Gasteiger partial charge in [-0.3, -0.25) is 0 Å². The molecule has 1 heterocycles. The van der Waals surface area contributed by atoms with Crippen LogP contribution in [0.5, 0.6) is 0 Å². The molecule has 3 nitrogen and oxygen atoms in total. The second kappa shape index (κ2) is 6.83. The standard InChI is InChI=1S/C16H23NO2/c1-19-14-16(13-18)8-11-17(12-9-16)10-7-15-5-3-2-4-6-15/h2-6,13H,7-12,14H2,1H3. The van der Waals surface area contributed by atoms with Crippen LogP contribution >= 0.6 is 0 Å². The summed E-state index contributed by atoms with van der Waals surface area (Å²) in [6.07, 6.45) is 4.02. The number of ether oxygens (including phenoxy) is 1. The molecule has 0 bridgehead atoms. The normalized spacial score (nSPS) is 19.2. The molecule has 1 aromatic rings. The van der Waals surface area contributed by atoms with Gasteiger partial charge in [-0.05, 0) is 37.9 Å². The Balaban J connectivity index is 1.79. The van der Waals surface area contributed by atoms with E-state index < -0.39 is 0 Å². The molecular weight excluding hydrogens is 238 g/mol. The number of aldehydes is 1. The highest BCUT2D eigenvalue weighted by Crippen LogP contribution is 2.29. The van der Waals surface area contributed by atoms with Gasteiger partial charge < -0.3 is 14.4 Å². The molecule has 0 spiro atoms. The summed E-state index contributed by atoms with van der Waals surface area (Å²) in [7, 11) is 1.67. The summed E-state index contributed by atoms with van der Waals surface area (Å²) in [5, 5.41) is 0. The van der Waals surface area contributed by atoms with Crippen molar-refractivity contribution in [1.29, 1.82) is 0 Å². The fourth-order valence-electron chi connectivity index (χ4n) is 2.74. The molecule has 2 rings (SSSR count). The van der Waals surface area contributed by atoms with Crippen LogP contribution in [0.3, 0.4) is 0 Å². The first kappa shape index (κ1) is 14.2. The number of benzene rings is 1. The van der Waals surface area contributed by atoms with Crippen molar-refractivity contribution in [2.24, 2.45) is 5.41 Å². The zero-order chi connectivity index (χ0) is 13.6. The third-order valence-corrected chi connectivity index (χ3v) is 4.09. The van der Waals surface area contributed by atoms with Crippen molar-refractivity contribution in [3.8, 4) is 0 Å². The molecule has 104 valence electrons. The largest absolute Gasteiger partial charge is 0.384 e. The first-order valence-corrected chi connectivity index (χ1v) is 6.99. The number of likely N-dealkylation sites (tertiary alicyclic amines) is 1. The van der Waals surface area contributed by atoms with E-state index in [0.29, 0.717) is 6.61 Å². The van der Waals surface area contributed by atoms with E-state index in [-0.39, 0.29) is 5.41 Å². The quantitative estimate of drug-likeness (QED) is 0.735. The number of nitrogens with zero attached hydrogens (tertiary/aromatic N) is 1. The molecular formula is C16H23NO2. The van der Waals surface area contributed by atoms with Crippen LogP contribution in [0, 0.1) is 5.41 Å². The van der Waals surface area contributed by atoms with Crippen molar-refractivity contribution in [3.05, 3.63) is 35.9 Å². The number of piperidine rings is 1. The highest BCUT2D eigenvalue weighted by atomic mass is 16.5. The van der Waals surface area contributed by atoms with Gasteiger partial charge in [-0.15, -0.1) is 0 Å². The molecule has 19 heavy (non-hydrogen) atoms. The van der Waals surface area contributed by atoms with Crippen LogP contribution < -0.4 is 0 Å². The van der Waals surface area contributed by atoms with Crippen molar-refractivity contribution in [3.63, 3.8) is 0 Å². The molecule has 0 atom stereocenters. The molecule has 1 aromatic carbocycles. The molecule has 0 saturated carbocycles.